The predicted octanol–water partition coefficient (Wildman–Crippen LogP) is -0.666. The van der Waals surface area contributed by atoms with Crippen molar-refractivity contribution in [3.05, 3.63) is 0 Å². The van der Waals surface area contributed by atoms with Crippen molar-refractivity contribution in [1.82, 2.24) is 4.90 Å². The zero-order valence-electron chi connectivity index (χ0n) is 9.47. The zero-order valence-corrected chi connectivity index (χ0v) is 9.47. The fourth-order valence-electron chi connectivity index (χ4n) is 2.64. The van der Waals surface area contributed by atoms with Crippen molar-refractivity contribution in [2.45, 2.75) is 31.4 Å². The Morgan fingerprint density at radius 1 is 1.44 bits per heavy atom. The number of carbonyl (C=O) groups is 1. The van der Waals surface area contributed by atoms with Crippen LogP contribution in [-0.4, -0.2) is 54.4 Å². The van der Waals surface area contributed by atoms with Crippen molar-refractivity contribution in [3.8, 4) is 0 Å². The first-order valence-corrected chi connectivity index (χ1v) is 5.96. The summed E-state index contributed by atoms with van der Waals surface area (Å²) in [4.78, 5) is 13.3. The van der Waals surface area contributed by atoms with Gasteiger partial charge in [-0.05, 0) is 25.2 Å². The van der Waals surface area contributed by atoms with Gasteiger partial charge >= 0.3 is 0 Å². The topological polar surface area (TPSA) is 75.8 Å². The second-order valence-corrected chi connectivity index (χ2v) is 4.82. The molecule has 0 bridgehead atoms. The average Bonchev–Trinajstić information content (AvgIpc) is 2.61. The van der Waals surface area contributed by atoms with Gasteiger partial charge in [-0.1, -0.05) is 0 Å². The molecule has 2 aliphatic rings. The van der Waals surface area contributed by atoms with Crippen molar-refractivity contribution >= 4 is 5.91 Å². The van der Waals surface area contributed by atoms with Crippen molar-refractivity contribution in [3.63, 3.8) is 0 Å². The molecule has 0 aromatic heterocycles. The molecule has 5 nitrogen and oxygen atoms in total. The van der Waals surface area contributed by atoms with E-state index in [-0.39, 0.29) is 11.9 Å². The fourth-order valence-corrected chi connectivity index (χ4v) is 2.64. The summed E-state index contributed by atoms with van der Waals surface area (Å²) in [5.74, 6) is 0.254. The summed E-state index contributed by atoms with van der Waals surface area (Å²) in [6.45, 7) is 3.05. The first kappa shape index (κ1) is 11.8. The molecule has 0 radical (unpaired) electrons. The number of primary amides is 1. The molecule has 1 amide bonds. The molecule has 2 atom stereocenters. The second-order valence-electron chi connectivity index (χ2n) is 4.82. The van der Waals surface area contributed by atoms with E-state index in [1.54, 1.807) is 0 Å². The maximum absolute atomic E-state index is 11.2. The molecule has 92 valence electrons. The lowest BCUT2D eigenvalue weighted by Gasteiger charge is -2.29. The summed E-state index contributed by atoms with van der Waals surface area (Å²) in [5.41, 5.74) is 5.34. The van der Waals surface area contributed by atoms with E-state index in [9.17, 15) is 9.90 Å². The molecule has 2 rings (SSSR count). The molecule has 2 heterocycles. The lowest BCUT2D eigenvalue weighted by Crippen LogP contribution is -2.43. The molecule has 3 N–H and O–H groups in total. The van der Waals surface area contributed by atoms with Crippen LogP contribution < -0.4 is 5.73 Å². The number of hydrogen-bond donors (Lipinski definition) is 2. The molecule has 5 heteroatoms. The van der Waals surface area contributed by atoms with Gasteiger partial charge in [0.1, 0.15) is 0 Å². The van der Waals surface area contributed by atoms with Crippen LogP contribution in [0.1, 0.15) is 19.3 Å². The van der Waals surface area contributed by atoms with Crippen molar-refractivity contribution in [2.24, 2.45) is 11.7 Å². The second kappa shape index (κ2) is 5.12. The van der Waals surface area contributed by atoms with Crippen molar-refractivity contribution < 1.29 is 14.6 Å². The molecule has 0 aromatic carbocycles. The highest BCUT2D eigenvalue weighted by Gasteiger charge is 2.35. The Morgan fingerprint density at radius 2 is 2.12 bits per heavy atom. The highest BCUT2D eigenvalue weighted by atomic mass is 16.5. The fraction of sp³-hybridized carbons (Fsp3) is 0.909. The van der Waals surface area contributed by atoms with E-state index in [2.05, 4.69) is 0 Å². The van der Waals surface area contributed by atoms with Crippen LogP contribution in [0.4, 0.5) is 0 Å². The first-order chi connectivity index (χ1) is 7.66. The number of amides is 1. The lowest BCUT2D eigenvalue weighted by atomic mass is 9.99. The Bertz CT molecular complexity index is 254. The van der Waals surface area contributed by atoms with Crippen LogP contribution >= 0.6 is 0 Å². The van der Waals surface area contributed by atoms with Crippen molar-refractivity contribution in [2.75, 3.05) is 26.3 Å². The van der Waals surface area contributed by atoms with E-state index in [0.29, 0.717) is 18.9 Å². The van der Waals surface area contributed by atoms with E-state index >= 15 is 0 Å². The van der Waals surface area contributed by atoms with Gasteiger partial charge in [-0.15, -0.1) is 0 Å². The maximum atomic E-state index is 11.2. The van der Waals surface area contributed by atoms with Crippen LogP contribution in [0.25, 0.3) is 0 Å². The minimum absolute atomic E-state index is 0.280. The average molecular weight is 228 g/mol. The number of nitrogens with two attached hydrogens (primary N) is 1. The van der Waals surface area contributed by atoms with Gasteiger partial charge in [0.2, 0.25) is 5.91 Å². The van der Waals surface area contributed by atoms with Gasteiger partial charge < -0.3 is 15.6 Å². The smallest absolute Gasteiger partial charge is 0.234 e. The third-order valence-electron chi connectivity index (χ3n) is 3.54. The summed E-state index contributed by atoms with van der Waals surface area (Å²) < 4.78 is 5.30. The molecular weight excluding hydrogens is 208 g/mol. The molecule has 2 aliphatic heterocycles. The van der Waals surface area contributed by atoms with Crippen molar-refractivity contribution in [1.29, 1.82) is 0 Å². The molecule has 0 aromatic rings. The Hall–Kier alpha value is -0.650. The molecule has 2 fully saturated rings. The highest BCUT2D eigenvalue weighted by molar-refractivity contribution is 5.80. The van der Waals surface area contributed by atoms with Crippen LogP contribution in [0, 0.1) is 5.92 Å². The zero-order chi connectivity index (χ0) is 11.5. The van der Waals surface area contributed by atoms with Gasteiger partial charge in [-0.3, -0.25) is 9.69 Å². The van der Waals surface area contributed by atoms with Gasteiger partial charge in [0.25, 0.3) is 0 Å². The van der Waals surface area contributed by atoms with Gasteiger partial charge in [0.15, 0.2) is 0 Å². The SMILES string of the molecule is NC(=O)[C@@H]1C[C@H](O)CN1CC1CCOCC1. The number of carbonyl (C=O) groups excluding carboxylic acids is 1. The van der Waals surface area contributed by atoms with Crippen LogP contribution in [0.2, 0.25) is 0 Å². The summed E-state index contributed by atoms with van der Waals surface area (Å²) in [6, 6.07) is -0.280. The summed E-state index contributed by atoms with van der Waals surface area (Å²) >= 11 is 0. The largest absolute Gasteiger partial charge is 0.392 e. The minimum Gasteiger partial charge on any atom is -0.392 e. The van der Waals surface area contributed by atoms with E-state index < -0.39 is 6.10 Å². The number of hydrogen-bond acceptors (Lipinski definition) is 4. The predicted molar refractivity (Wildman–Crippen MR) is 58.7 cm³/mol. The van der Waals surface area contributed by atoms with Gasteiger partial charge in [-0.2, -0.15) is 0 Å². The summed E-state index contributed by atoms with van der Waals surface area (Å²) in [5, 5.41) is 9.57. The lowest BCUT2D eigenvalue weighted by molar-refractivity contribution is -0.122. The number of likely N-dealkylation sites (tertiary alicyclic amines) is 1. The molecule has 2 saturated heterocycles. The van der Waals surface area contributed by atoms with E-state index in [4.69, 9.17) is 10.5 Å². The van der Waals surface area contributed by atoms with Gasteiger partial charge in [-0.25, -0.2) is 0 Å². The summed E-state index contributed by atoms with van der Waals surface area (Å²) in [7, 11) is 0. The normalized spacial score (nSPS) is 33.1. The third kappa shape index (κ3) is 2.72. The first-order valence-electron chi connectivity index (χ1n) is 5.96. The number of nitrogens with zero attached hydrogens (tertiary/aromatic N) is 1. The molecule has 0 spiro atoms. The van der Waals surface area contributed by atoms with Gasteiger partial charge in [0, 0.05) is 26.3 Å². The monoisotopic (exact) mass is 228 g/mol. The van der Waals surface area contributed by atoms with Crippen LogP contribution in [0.15, 0.2) is 0 Å². The van der Waals surface area contributed by atoms with Gasteiger partial charge in [0.05, 0.1) is 12.1 Å². The standard InChI is InChI=1S/C11H20N2O3/c12-11(15)10-5-9(14)7-13(10)6-8-1-3-16-4-2-8/h8-10,14H,1-7H2,(H2,12,15)/t9-,10-/m0/s1. The van der Waals surface area contributed by atoms with Crippen LogP contribution in [-0.2, 0) is 9.53 Å². The minimum atomic E-state index is -0.405. The number of aliphatic hydroxyl groups is 1. The molecule has 0 unspecified atom stereocenters. The Morgan fingerprint density at radius 3 is 2.75 bits per heavy atom. The number of rotatable bonds is 3. The number of β-amino-alcohol motifs (C(OH)–C–C–N with tert-alkyl or cyclic N) is 1. The number of ether oxygens (including phenoxy) is 1. The van der Waals surface area contributed by atoms with E-state index in [1.807, 2.05) is 4.90 Å². The maximum Gasteiger partial charge on any atom is 0.234 e. The Balaban J connectivity index is 1.89. The molecular formula is C11H20N2O3. The highest BCUT2D eigenvalue weighted by Crippen LogP contribution is 2.23. The molecule has 0 saturated carbocycles. The van der Waals surface area contributed by atoms with Crippen LogP contribution in [0.3, 0.4) is 0 Å². The number of aliphatic hydroxyl groups excluding tert-OH is 1. The third-order valence-corrected chi connectivity index (χ3v) is 3.54. The molecule has 0 aliphatic carbocycles. The Kier molecular flexibility index (Phi) is 3.78. The van der Waals surface area contributed by atoms with E-state index in [1.165, 1.54) is 0 Å². The summed E-state index contributed by atoms with van der Waals surface area (Å²) in [6.07, 6.45) is 2.16. The van der Waals surface area contributed by atoms with Crippen LogP contribution in [0.5, 0.6) is 0 Å². The quantitative estimate of drug-likeness (QED) is 0.672. The molecule has 16 heavy (non-hydrogen) atoms. The Labute approximate surface area is 95.5 Å². The van der Waals surface area contributed by atoms with E-state index in [0.717, 1.165) is 32.6 Å².